The molecule has 0 saturated carbocycles. The topological polar surface area (TPSA) is 21.3 Å². The van der Waals surface area contributed by atoms with Gasteiger partial charge in [-0.25, -0.2) is 0 Å². The summed E-state index contributed by atoms with van der Waals surface area (Å²) in [5.74, 6) is 2.41. The van der Waals surface area contributed by atoms with E-state index in [0.29, 0.717) is 0 Å². The molecule has 0 spiro atoms. The second-order valence-corrected chi connectivity index (χ2v) is 6.47. The van der Waals surface area contributed by atoms with Gasteiger partial charge < -0.3 is 10.1 Å². The van der Waals surface area contributed by atoms with E-state index in [4.69, 9.17) is 4.74 Å². The molecular formula is C19H33NO. The van der Waals surface area contributed by atoms with E-state index in [9.17, 15) is 0 Å². The third-order valence-corrected chi connectivity index (χ3v) is 3.86. The standard InChI is InChI=1S/C19H33NO/c1-5-6-7-9-18(15-20-14-16(2)3)12-17-10-8-11-19(13-17)21-4/h8,10-11,13,16,18,20H,5-7,9,12,14-15H2,1-4H3. The first-order chi connectivity index (χ1) is 10.2. The highest BCUT2D eigenvalue weighted by atomic mass is 16.5. The average Bonchev–Trinajstić information content (AvgIpc) is 2.47. The van der Waals surface area contributed by atoms with E-state index < -0.39 is 0 Å². The third-order valence-electron chi connectivity index (χ3n) is 3.86. The summed E-state index contributed by atoms with van der Waals surface area (Å²) in [6.07, 6.45) is 6.45. The minimum Gasteiger partial charge on any atom is -0.497 e. The van der Waals surface area contributed by atoms with E-state index in [-0.39, 0.29) is 0 Å². The fourth-order valence-corrected chi connectivity index (χ4v) is 2.67. The zero-order chi connectivity index (χ0) is 15.5. The summed E-state index contributed by atoms with van der Waals surface area (Å²) in [4.78, 5) is 0. The quantitative estimate of drug-likeness (QED) is 0.598. The van der Waals surface area contributed by atoms with Crippen LogP contribution >= 0.6 is 0 Å². The first kappa shape index (κ1) is 18.0. The van der Waals surface area contributed by atoms with Crippen LogP contribution in [0.4, 0.5) is 0 Å². The van der Waals surface area contributed by atoms with Gasteiger partial charge in [-0.2, -0.15) is 0 Å². The number of nitrogens with one attached hydrogen (secondary N) is 1. The van der Waals surface area contributed by atoms with Crippen LogP contribution in [-0.2, 0) is 6.42 Å². The number of hydrogen-bond donors (Lipinski definition) is 1. The third kappa shape index (κ3) is 8.11. The molecule has 0 radical (unpaired) electrons. The summed E-state index contributed by atoms with van der Waals surface area (Å²) in [5.41, 5.74) is 1.39. The molecular weight excluding hydrogens is 258 g/mol. The van der Waals surface area contributed by atoms with Gasteiger partial charge in [-0.1, -0.05) is 52.2 Å². The molecule has 1 unspecified atom stereocenters. The number of unbranched alkanes of at least 4 members (excludes halogenated alkanes) is 2. The molecule has 0 aliphatic heterocycles. The van der Waals surface area contributed by atoms with Crippen LogP contribution in [0.25, 0.3) is 0 Å². The minimum absolute atomic E-state index is 0.720. The van der Waals surface area contributed by atoms with Crippen molar-refractivity contribution in [3.05, 3.63) is 29.8 Å². The van der Waals surface area contributed by atoms with Crippen LogP contribution in [-0.4, -0.2) is 20.2 Å². The molecule has 0 saturated heterocycles. The number of ether oxygens (including phenoxy) is 1. The first-order valence-electron chi connectivity index (χ1n) is 8.49. The lowest BCUT2D eigenvalue weighted by Crippen LogP contribution is -2.27. The van der Waals surface area contributed by atoms with E-state index in [1.54, 1.807) is 7.11 Å². The van der Waals surface area contributed by atoms with E-state index in [1.807, 2.05) is 6.07 Å². The lowest BCUT2D eigenvalue weighted by molar-refractivity contribution is 0.403. The normalized spacial score (nSPS) is 12.6. The van der Waals surface area contributed by atoms with Crippen molar-refractivity contribution in [2.45, 2.75) is 52.9 Å². The van der Waals surface area contributed by atoms with Gasteiger partial charge in [-0.15, -0.1) is 0 Å². The van der Waals surface area contributed by atoms with Gasteiger partial charge in [0, 0.05) is 0 Å². The first-order valence-corrected chi connectivity index (χ1v) is 8.49. The van der Waals surface area contributed by atoms with Gasteiger partial charge in [-0.3, -0.25) is 0 Å². The average molecular weight is 291 g/mol. The molecule has 0 heterocycles. The molecule has 1 aromatic carbocycles. The lowest BCUT2D eigenvalue weighted by Gasteiger charge is -2.19. The SMILES string of the molecule is CCCCCC(CNCC(C)C)Cc1cccc(OC)c1. The highest BCUT2D eigenvalue weighted by Crippen LogP contribution is 2.19. The van der Waals surface area contributed by atoms with Crippen molar-refractivity contribution < 1.29 is 4.74 Å². The molecule has 0 aliphatic carbocycles. The monoisotopic (exact) mass is 291 g/mol. The Kier molecular flexibility index (Phi) is 9.16. The molecule has 0 aliphatic rings. The van der Waals surface area contributed by atoms with Crippen molar-refractivity contribution in [2.24, 2.45) is 11.8 Å². The number of benzene rings is 1. The van der Waals surface area contributed by atoms with Crippen molar-refractivity contribution in [3.8, 4) is 5.75 Å². The van der Waals surface area contributed by atoms with Gasteiger partial charge in [0.05, 0.1) is 7.11 Å². The van der Waals surface area contributed by atoms with Crippen LogP contribution in [0.5, 0.6) is 5.75 Å². The van der Waals surface area contributed by atoms with Crippen LogP contribution in [0.2, 0.25) is 0 Å². The van der Waals surface area contributed by atoms with Crippen LogP contribution in [0.15, 0.2) is 24.3 Å². The smallest absolute Gasteiger partial charge is 0.119 e. The summed E-state index contributed by atoms with van der Waals surface area (Å²) in [6.45, 7) is 9.04. The number of rotatable bonds is 11. The Hall–Kier alpha value is -1.02. The second kappa shape index (κ2) is 10.7. The Morgan fingerprint density at radius 2 is 1.95 bits per heavy atom. The van der Waals surface area contributed by atoms with Crippen molar-refractivity contribution >= 4 is 0 Å². The fraction of sp³-hybridized carbons (Fsp3) is 0.684. The Morgan fingerprint density at radius 3 is 2.62 bits per heavy atom. The minimum atomic E-state index is 0.720. The highest BCUT2D eigenvalue weighted by molar-refractivity contribution is 5.28. The van der Waals surface area contributed by atoms with E-state index in [2.05, 4.69) is 44.3 Å². The molecule has 120 valence electrons. The van der Waals surface area contributed by atoms with Gasteiger partial charge in [0.15, 0.2) is 0 Å². The Labute approximate surface area is 131 Å². The fourth-order valence-electron chi connectivity index (χ4n) is 2.67. The van der Waals surface area contributed by atoms with Crippen LogP contribution in [0.3, 0.4) is 0 Å². The highest BCUT2D eigenvalue weighted by Gasteiger charge is 2.10. The van der Waals surface area contributed by atoms with E-state index in [0.717, 1.165) is 37.1 Å². The molecule has 1 aromatic rings. The van der Waals surface area contributed by atoms with Gasteiger partial charge in [0.2, 0.25) is 0 Å². The number of hydrogen-bond acceptors (Lipinski definition) is 2. The predicted octanol–water partition coefficient (Wildman–Crippen LogP) is 4.68. The lowest BCUT2D eigenvalue weighted by atomic mass is 9.93. The largest absolute Gasteiger partial charge is 0.497 e. The van der Waals surface area contributed by atoms with Crippen LogP contribution < -0.4 is 10.1 Å². The van der Waals surface area contributed by atoms with E-state index in [1.165, 1.54) is 31.2 Å². The molecule has 0 amide bonds. The maximum atomic E-state index is 5.33. The van der Waals surface area contributed by atoms with Gasteiger partial charge >= 0.3 is 0 Å². The second-order valence-electron chi connectivity index (χ2n) is 6.47. The van der Waals surface area contributed by atoms with Crippen molar-refractivity contribution in [3.63, 3.8) is 0 Å². The zero-order valence-electron chi connectivity index (χ0n) is 14.3. The van der Waals surface area contributed by atoms with Gasteiger partial charge in [0.25, 0.3) is 0 Å². The molecule has 21 heavy (non-hydrogen) atoms. The van der Waals surface area contributed by atoms with Crippen molar-refractivity contribution in [1.29, 1.82) is 0 Å². The molecule has 1 atom stereocenters. The Balaban J connectivity index is 2.52. The van der Waals surface area contributed by atoms with Crippen molar-refractivity contribution in [2.75, 3.05) is 20.2 Å². The molecule has 1 N–H and O–H groups in total. The van der Waals surface area contributed by atoms with Crippen LogP contribution in [0.1, 0.15) is 52.0 Å². The summed E-state index contributed by atoms with van der Waals surface area (Å²) in [6, 6.07) is 8.51. The molecule has 0 aromatic heterocycles. The maximum Gasteiger partial charge on any atom is 0.119 e. The summed E-state index contributed by atoms with van der Waals surface area (Å²) in [5, 5.41) is 3.63. The van der Waals surface area contributed by atoms with Crippen LogP contribution in [0, 0.1) is 11.8 Å². The molecule has 1 rings (SSSR count). The molecule has 0 fully saturated rings. The van der Waals surface area contributed by atoms with Gasteiger partial charge in [0.1, 0.15) is 5.75 Å². The summed E-state index contributed by atoms with van der Waals surface area (Å²) < 4.78 is 5.33. The van der Waals surface area contributed by atoms with Gasteiger partial charge in [-0.05, 0) is 55.5 Å². The Morgan fingerprint density at radius 1 is 1.14 bits per heavy atom. The molecule has 0 bridgehead atoms. The Bertz CT molecular complexity index is 376. The maximum absolute atomic E-state index is 5.33. The summed E-state index contributed by atoms with van der Waals surface area (Å²) in [7, 11) is 1.74. The van der Waals surface area contributed by atoms with Crippen molar-refractivity contribution in [1.82, 2.24) is 5.32 Å². The van der Waals surface area contributed by atoms with E-state index >= 15 is 0 Å². The predicted molar refractivity (Wildman–Crippen MR) is 92.0 cm³/mol. The molecule has 2 heteroatoms. The number of methoxy groups -OCH3 is 1. The summed E-state index contributed by atoms with van der Waals surface area (Å²) >= 11 is 0. The molecule has 2 nitrogen and oxygen atoms in total. The zero-order valence-corrected chi connectivity index (χ0v) is 14.3.